The number of furan rings is 1. The van der Waals surface area contributed by atoms with Gasteiger partial charge in [0.2, 0.25) is 11.8 Å². The minimum Gasteiger partial charge on any atom is -0.493 e. The number of ether oxygens (including phenoxy) is 2. The summed E-state index contributed by atoms with van der Waals surface area (Å²) in [4.78, 5) is 26.5. The lowest BCUT2D eigenvalue weighted by molar-refractivity contribution is -0.128. The Balaban J connectivity index is 1.68. The maximum absolute atomic E-state index is 12.6. The van der Waals surface area contributed by atoms with Gasteiger partial charge >= 0.3 is 0 Å². The summed E-state index contributed by atoms with van der Waals surface area (Å²) in [5, 5.41) is 2.90. The third-order valence-corrected chi connectivity index (χ3v) is 4.50. The number of aryl methyl sites for hydroxylation is 1. The molecule has 1 N–H and O–H groups in total. The summed E-state index contributed by atoms with van der Waals surface area (Å²) in [6.45, 7) is 2.63. The first-order valence-electron chi connectivity index (χ1n) is 8.35. The van der Waals surface area contributed by atoms with E-state index in [-0.39, 0.29) is 18.2 Å². The molecular formula is C19H22N2O5. The summed E-state index contributed by atoms with van der Waals surface area (Å²) in [5.41, 5.74) is 1.50. The number of anilines is 1. The van der Waals surface area contributed by atoms with Crippen molar-refractivity contribution in [3.05, 3.63) is 41.9 Å². The maximum atomic E-state index is 12.6. The smallest absolute Gasteiger partial charge is 0.229 e. The molecule has 1 aliphatic rings. The van der Waals surface area contributed by atoms with Crippen molar-refractivity contribution in [1.82, 2.24) is 4.90 Å². The fraction of sp³-hybridized carbons (Fsp3) is 0.368. The number of methoxy groups -OCH3 is 2. The Hall–Kier alpha value is -2.96. The normalized spacial score (nSPS) is 16.7. The summed E-state index contributed by atoms with van der Waals surface area (Å²) < 4.78 is 15.8. The Morgan fingerprint density at radius 2 is 2.04 bits per heavy atom. The first-order chi connectivity index (χ1) is 12.5. The van der Waals surface area contributed by atoms with Crippen molar-refractivity contribution in [2.45, 2.75) is 19.9 Å². The molecule has 0 bridgehead atoms. The zero-order valence-corrected chi connectivity index (χ0v) is 15.1. The van der Waals surface area contributed by atoms with E-state index in [0.29, 0.717) is 36.0 Å². The van der Waals surface area contributed by atoms with Crippen LogP contribution < -0.4 is 14.8 Å². The molecule has 26 heavy (non-hydrogen) atoms. The number of carbonyl (C=O) groups is 2. The summed E-state index contributed by atoms with van der Waals surface area (Å²) in [6, 6.07) is 7.12. The molecular weight excluding hydrogens is 336 g/mol. The van der Waals surface area contributed by atoms with Gasteiger partial charge in [-0.15, -0.1) is 0 Å². The van der Waals surface area contributed by atoms with Gasteiger partial charge in [0.15, 0.2) is 11.5 Å². The minimum absolute atomic E-state index is 0.0504. The van der Waals surface area contributed by atoms with E-state index in [1.165, 1.54) is 0 Å². The second kappa shape index (κ2) is 7.51. The van der Waals surface area contributed by atoms with E-state index >= 15 is 0 Å². The third kappa shape index (κ3) is 3.66. The Bertz CT molecular complexity index is 801. The van der Waals surface area contributed by atoms with Gasteiger partial charge in [0.25, 0.3) is 0 Å². The van der Waals surface area contributed by atoms with Gasteiger partial charge in [0.1, 0.15) is 5.76 Å². The van der Waals surface area contributed by atoms with Crippen LogP contribution in [0.2, 0.25) is 0 Å². The minimum atomic E-state index is -0.398. The topological polar surface area (TPSA) is 81.0 Å². The first-order valence-corrected chi connectivity index (χ1v) is 8.35. The quantitative estimate of drug-likeness (QED) is 0.858. The van der Waals surface area contributed by atoms with E-state index in [0.717, 1.165) is 5.56 Å². The predicted octanol–water partition coefficient (Wildman–Crippen LogP) is 2.59. The van der Waals surface area contributed by atoms with Crippen LogP contribution in [0.25, 0.3) is 0 Å². The molecule has 138 valence electrons. The molecule has 1 aromatic heterocycles. The molecule has 1 aliphatic heterocycles. The lowest BCUT2D eigenvalue weighted by Gasteiger charge is -2.17. The highest BCUT2D eigenvalue weighted by atomic mass is 16.5. The van der Waals surface area contributed by atoms with Gasteiger partial charge in [-0.1, -0.05) is 0 Å². The second-order valence-corrected chi connectivity index (χ2v) is 6.27. The summed E-state index contributed by atoms with van der Waals surface area (Å²) in [6.07, 6.45) is 1.76. The van der Waals surface area contributed by atoms with Crippen molar-refractivity contribution < 1.29 is 23.5 Å². The number of carbonyl (C=O) groups excluding carboxylic acids is 2. The van der Waals surface area contributed by atoms with Crippen molar-refractivity contribution in [3.8, 4) is 11.5 Å². The van der Waals surface area contributed by atoms with Gasteiger partial charge in [0.05, 0.1) is 32.9 Å². The highest BCUT2D eigenvalue weighted by molar-refractivity contribution is 5.97. The molecule has 0 spiro atoms. The number of nitrogens with one attached hydrogen (secondary N) is 1. The fourth-order valence-corrected chi connectivity index (χ4v) is 3.04. The van der Waals surface area contributed by atoms with Gasteiger partial charge in [-0.05, 0) is 30.7 Å². The number of rotatable bonds is 6. The molecule has 2 amide bonds. The van der Waals surface area contributed by atoms with Crippen molar-refractivity contribution in [1.29, 1.82) is 0 Å². The van der Waals surface area contributed by atoms with Crippen LogP contribution in [0.5, 0.6) is 11.5 Å². The van der Waals surface area contributed by atoms with Gasteiger partial charge < -0.3 is 24.1 Å². The number of amides is 2. The van der Waals surface area contributed by atoms with Crippen molar-refractivity contribution in [2.24, 2.45) is 5.92 Å². The molecule has 0 saturated carbocycles. The molecule has 1 aromatic carbocycles. The molecule has 7 heteroatoms. The Morgan fingerprint density at radius 3 is 2.69 bits per heavy atom. The molecule has 3 rings (SSSR count). The maximum Gasteiger partial charge on any atom is 0.229 e. The lowest BCUT2D eigenvalue weighted by Crippen LogP contribution is -2.28. The van der Waals surface area contributed by atoms with E-state index in [4.69, 9.17) is 13.9 Å². The van der Waals surface area contributed by atoms with Gasteiger partial charge in [-0.25, -0.2) is 0 Å². The lowest BCUT2D eigenvalue weighted by atomic mass is 10.1. The fourth-order valence-electron chi connectivity index (χ4n) is 3.04. The summed E-state index contributed by atoms with van der Waals surface area (Å²) in [7, 11) is 3.11. The molecule has 0 aliphatic carbocycles. The monoisotopic (exact) mass is 358 g/mol. The number of likely N-dealkylation sites (tertiary alicyclic amines) is 1. The van der Waals surface area contributed by atoms with Crippen LogP contribution in [0, 0.1) is 12.8 Å². The van der Waals surface area contributed by atoms with E-state index in [1.807, 2.05) is 13.0 Å². The van der Waals surface area contributed by atoms with E-state index < -0.39 is 5.92 Å². The Kier molecular flexibility index (Phi) is 5.16. The summed E-state index contributed by atoms with van der Waals surface area (Å²) in [5.74, 6) is 1.21. The molecule has 7 nitrogen and oxygen atoms in total. The van der Waals surface area contributed by atoms with Crippen LogP contribution in [-0.2, 0) is 16.1 Å². The molecule has 1 unspecified atom stereocenters. The number of nitrogens with zero attached hydrogens (tertiary/aromatic N) is 1. The molecule has 1 saturated heterocycles. The van der Waals surface area contributed by atoms with Crippen LogP contribution >= 0.6 is 0 Å². The Labute approximate surface area is 151 Å². The standard InChI is InChI=1S/C19H22N2O5/c1-12-7-16(24-2)17(25-3)9-15(12)20-19(23)13-8-18(22)21(10-13)11-14-5-4-6-26-14/h4-7,9,13H,8,10-11H2,1-3H3,(H,20,23). The second-order valence-electron chi connectivity index (χ2n) is 6.27. The van der Waals surface area contributed by atoms with Crippen molar-refractivity contribution >= 4 is 17.5 Å². The van der Waals surface area contributed by atoms with Gasteiger partial charge in [-0.3, -0.25) is 9.59 Å². The number of hydrogen-bond acceptors (Lipinski definition) is 5. The Morgan fingerprint density at radius 1 is 1.31 bits per heavy atom. The van der Waals surface area contributed by atoms with Crippen molar-refractivity contribution in [2.75, 3.05) is 26.1 Å². The highest BCUT2D eigenvalue weighted by Gasteiger charge is 2.34. The highest BCUT2D eigenvalue weighted by Crippen LogP contribution is 2.33. The number of hydrogen-bond donors (Lipinski definition) is 1. The zero-order chi connectivity index (χ0) is 18.7. The van der Waals surface area contributed by atoms with Crippen LogP contribution in [-0.4, -0.2) is 37.5 Å². The predicted molar refractivity (Wildman–Crippen MR) is 95.1 cm³/mol. The van der Waals surface area contributed by atoms with Crippen LogP contribution in [0.1, 0.15) is 17.7 Å². The molecule has 0 radical (unpaired) electrons. The van der Waals surface area contributed by atoms with Crippen molar-refractivity contribution in [3.63, 3.8) is 0 Å². The molecule has 1 fully saturated rings. The van der Waals surface area contributed by atoms with Crippen LogP contribution in [0.3, 0.4) is 0 Å². The van der Waals surface area contributed by atoms with Crippen LogP contribution in [0.15, 0.2) is 34.9 Å². The van der Waals surface area contributed by atoms with E-state index in [9.17, 15) is 9.59 Å². The van der Waals surface area contributed by atoms with E-state index in [2.05, 4.69) is 5.32 Å². The molecule has 2 heterocycles. The molecule has 1 atom stereocenters. The largest absolute Gasteiger partial charge is 0.493 e. The molecule has 2 aromatic rings. The third-order valence-electron chi connectivity index (χ3n) is 4.50. The first kappa shape index (κ1) is 17.8. The van der Waals surface area contributed by atoms with Gasteiger partial charge in [0, 0.05) is 24.7 Å². The van der Waals surface area contributed by atoms with Gasteiger partial charge in [-0.2, -0.15) is 0 Å². The SMILES string of the molecule is COc1cc(C)c(NC(=O)C2CC(=O)N(Cc3ccco3)C2)cc1OC. The average molecular weight is 358 g/mol. The summed E-state index contributed by atoms with van der Waals surface area (Å²) >= 11 is 0. The van der Waals surface area contributed by atoms with E-state index in [1.54, 1.807) is 43.6 Å². The average Bonchev–Trinajstić information content (AvgIpc) is 3.27. The number of benzene rings is 1. The zero-order valence-electron chi connectivity index (χ0n) is 15.1. The van der Waals surface area contributed by atoms with Crippen LogP contribution in [0.4, 0.5) is 5.69 Å².